The Morgan fingerprint density at radius 3 is 2.48 bits per heavy atom. The maximum atomic E-state index is 3.47. The third-order valence-electron chi connectivity index (χ3n) is 4.45. The van der Waals surface area contributed by atoms with Gasteiger partial charge in [0.05, 0.1) is 0 Å². The Morgan fingerprint density at radius 2 is 1.81 bits per heavy atom. The smallest absolute Gasteiger partial charge is 0.0447 e. The van der Waals surface area contributed by atoms with E-state index < -0.39 is 0 Å². The standard InChI is InChI=1S/C19H28N2/c1-5-8-15(2)21(4)14-19(20-3)18-12-11-16-9-6-7-10-17(16)13-18/h6-7,9-13,15,19-20H,5,8,14H2,1-4H3. The minimum Gasteiger partial charge on any atom is -0.312 e. The first-order chi connectivity index (χ1) is 10.2. The van der Waals surface area contributed by atoms with Crippen LogP contribution in [0.3, 0.4) is 0 Å². The Bertz CT molecular complexity index is 564. The van der Waals surface area contributed by atoms with Gasteiger partial charge in [0.25, 0.3) is 0 Å². The molecule has 114 valence electrons. The zero-order valence-electron chi connectivity index (χ0n) is 13.8. The summed E-state index contributed by atoms with van der Waals surface area (Å²) in [5, 5.41) is 6.10. The van der Waals surface area contributed by atoms with E-state index in [-0.39, 0.29) is 0 Å². The molecule has 2 aromatic carbocycles. The zero-order chi connectivity index (χ0) is 15.2. The van der Waals surface area contributed by atoms with E-state index in [0.717, 1.165) is 6.54 Å². The summed E-state index contributed by atoms with van der Waals surface area (Å²) in [5.74, 6) is 0. The summed E-state index contributed by atoms with van der Waals surface area (Å²) in [6, 6.07) is 16.4. The molecule has 2 rings (SSSR count). The Kier molecular flexibility index (Phi) is 5.77. The van der Waals surface area contributed by atoms with Crippen LogP contribution in [0.15, 0.2) is 42.5 Å². The van der Waals surface area contributed by atoms with Crippen LogP contribution in [-0.4, -0.2) is 31.6 Å². The molecule has 0 bridgehead atoms. The van der Waals surface area contributed by atoms with Gasteiger partial charge in [-0.25, -0.2) is 0 Å². The minimum absolute atomic E-state index is 0.374. The van der Waals surface area contributed by atoms with Crippen LogP contribution in [0.1, 0.15) is 38.3 Å². The second-order valence-electron chi connectivity index (χ2n) is 6.03. The summed E-state index contributed by atoms with van der Waals surface area (Å²) in [6.07, 6.45) is 2.50. The van der Waals surface area contributed by atoms with E-state index in [2.05, 4.69) is 80.6 Å². The molecule has 2 unspecified atom stereocenters. The van der Waals surface area contributed by atoms with Crippen LogP contribution in [0.2, 0.25) is 0 Å². The van der Waals surface area contributed by atoms with Crippen molar-refractivity contribution in [2.45, 2.75) is 38.8 Å². The highest BCUT2D eigenvalue weighted by Gasteiger charge is 2.15. The van der Waals surface area contributed by atoms with Crippen LogP contribution >= 0.6 is 0 Å². The van der Waals surface area contributed by atoms with Gasteiger partial charge >= 0.3 is 0 Å². The van der Waals surface area contributed by atoms with E-state index in [9.17, 15) is 0 Å². The Balaban J connectivity index is 2.15. The summed E-state index contributed by atoms with van der Waals surface area (Å²) in [6.45, 7) is 5.61. The lowest BCUT2D eigenvalue weighted by Gasteiger charge is -2.29. The fraction of sp³-hybridized carbons (Fsp3) is 0.474. The Morgan fingerprint density at radius 1 is 1.10 bits per heavy atom. The lowest BCUT2D eigenvalue weighted by molar-refractivity contribution is 0.222. The molecular formula is C19H28N2. The molecule has 0 heterocycles. The quantitative estimate of drug-likeness (QED) is 0.819. The van der Waals surface area contributed by atoms with Crippen molar-refractivity contribution in [2.24, 2.45) is 0 Å². The molecule has 2 heteroatoms. The average molecular weight is 284 g/mol. The highest BCUT2D eigenvalue weighted by atomic mass is 15.1. The Hall–Kier alpha value is -1.38. The second-order valence-corrected chi connectivity index (χ2v) is 6.03. The molecule has 0 amide bonds. The van der Waals surface area contributed by atoms with Gasteiger partial charge in [-0.1, -0.05) is 49.7 Å². The van der Waals surface area contributed by atoms with Crippen LogP contribution in [0, 0.1) is 0 Å². The molecule has 2 aromatic rings. The summed E-state index contributed by atoms with van der Waals surface area (Å²) in [4.78, 5) is 2.46. The van der Waals surface area contributed by atoms with Gasteiger partial charge in [0.2, 0.25) is 0 Å². The maximum Gasteiger partial charge on any atom is 0.0447 e. The molecule has 0 aliphatic heterocycles. The highest BCUT2D eigenvalue weighted by Crippen LogP contribution is 2.21. The van der Waals surface area contributed by atoms with Crippen molar-refractivity contribution in [1.29, 1.82) is 0 Å². The molecule has 0 saturated carbocycles. The van der Waals surface area contributed by atoms with Crippen LogP contribution in [0.5, 0.6) is 0 Å². The average Bonchev–Trinajstić information content (AvgIpc) is 2.52. The lowest BCUT2D eigenvalue weighted by Crippen LogP contribution is -2.36. The van der Waals surface area contributed by atoms with Crippen molar-refractivity contribution in [3.8, 4) is 0 Å². The molecule has 0 radical (unpaired) electrons. The normalized spacial score (nSPS) is 14.5. The van der Waals surface area contributed by atoms with E-state index in [1.807, 2.05) is 0 Å². The van der Waals surface area contributed by atoms with Crippen molar-refractivity contribution >= 4 is 10.8 Å². The second kappa shape index (κ2) is 7.58. The van der Waals surface area contributed by atoms with Gasteiger partial charge in [-0.3, -0.25) is 0 Å². The molecule has 2 nitrogen and oxygen atoms in total. The molecule has 0 aliphatic carbocycles. The van der Waals surface area contributed by atoms with Gasteiger partial charge in [0, 0.05) is 18.6 Å². The van der Waals surface area contributed by atoms with Gasteiger partial charge in [-0.2, -0.15) is 0 Å². The molecule has 0 aromatic heterocycles. The van der Waals surface area contributed by atoms with Gasteiger partial charge in [-0.05, 0) is 49.8 Å². The van der Waals surface area contributed by atoms with Crippen LogP contribution < -0.4 is 5.32 Å². The third-order valence-corrected chi connectivity index (χ3v) is 4.45. The number of fused-ring (bicyclic) bond motifs is 1. The number of benzene rings is 2. The summed E-state index contributed by atoms with van der Waals surface area (Å²) in [7, 11) is 4.28. The van der Waals surface area contributed by atoms with Gasteiger partial charge in [-0.15, -0.1) is 0 Å². The molecule has 0 spiro atoms. The number of hydrogen-bond acceptors (Lipinski definition) is 2. The van der Waals surface area contributed by atoms with E-state index in [1.165, 1.54) is 29.2 Å². The summed E-state index contributed by atoms with van der Waals surface area (Å²) in [5.41, 5.74) is 1.37. The number of hydrogen-bond donors (Lipinski definition) is 1. The fourth-order valence-electron chi connectivity index (χ4n) is 2.89. The first kappa shape index (κ1) is 16.0. The molecule has 21 heavy (non-hydrogen) atoms. The van der Waals surface area contributed by atoms with Crippen molar-refractivity contribution in [3.05, 3.63) is 48.0 Å². The minimum atomic E-state index is 0.374. The van der Waals surface area contributed by atoms with Gasteiger partial charge in [0.1, 0.15) is 0 Å². The fourth-order valence-corrected chi connectivity index (χ4v) is 2.89. The van der Waals surface area contributed by atoms with Gasteiger partial charge < -0.3 is 10.2 Å². The Labute approximate surface area is 129 Å². The number of nitrogens with one attached hydrogen (secondary N) is 1. The first-order valence-electron chi connectivity index (χ1n) is 8.02. The summed E-state index contributed by atoms with van der Waals surface area (Å²) >= 11 is 0. The molecule has 0 fully saturated rings. The topological polar surface area (TPSA) is 15.3 Å². The van der Waals surface area contributed by atoms with Crippen LogP contribution in [0.4, 0.5) is 0 Å². The van der Waals surface area contributed by atoms with Crippen molar-refractivity contribution in [2.75, 3.05) is 20.6 Å². The predicted octanol–water partition coefficient (Wildman–Crippen LogP) is 4.22. The maximum absolute atomic E-state index is 3.47. The number of rotatable bonds is 7. The molecule has 2 atom stereocenters. The number of nitrogens with zero attached hydrogens (tertiary/aromatic N) is 1. The van der Waals surface area contributed by atoms with E-state index in [0.29, 0.717) is 12.1 Å². The van der Waals surface area contributed by atoms with Crippen molar-refractivity contribution in [3.63, 3.8) is 0 Å². The van der Waals surface area contributed by atoms with Crippen LogP contribution in [-0.2, 0) is 0 Å². The SMILES string of the molecule is CCCC(C)N(C)CC(NC)c1ccc2ccccc2c1. The molecule has 0 aliphatic rings. The number of likely N-dealkylation sites (N-methyl/N-ethyl adjacent to an activating group) is 2. The highest BCUT2D eigenvalue weighted by molar-refractivity contribution is 5.83. The van der Waals surface area contributed by atoms with Gasteiger partial charge in [0.15, 0.2) is 0 Å². The van der Waals surface area contributed by atoms with Crippen LogP contribution in [0.25, 0.3) is 10.8 Å². The van der Waals surface area contributed by atoms with E-state index in [1.54, 1.807) is 0 Å². The first-order valence-corrected chi connectivity index (χ1v) is 8.02. The largest absolute Gasteiger partial charge is 0.312 e. The monoisotopic (exact) mass is 284 g/mol. The lowest BCUT2D eigenvalue weighted by atomic mass is 10.0. The predicted molar refractivity (Wildman–Crippen MR) is 92.7 cm³/mol. The van der Waals surface area contributed by atoms with E-state index in [4.69, 9.17) is 0 Å². The third kappa shape index (κ3) is 4.05. The molecular weight excluding hydrogens is 256 g/mol. The summed E-state index contributed by atoms with van der Waals surface area (Å²) < 4.78 is 0. The van der Waals surface area contributed by atoms with E-state index >= 15 is 0 Å². The molecule has 0 saturated heterocycles. The van der Waals surface area contributed by atoms with Crippen molar-refractivity contribution < 1.29 is 0 Å². The zero-order valence-corrected chi connectivity index (χ0v) is 13.8. The van der Waals surface area contributed by atoms with Crippen molar-refractivity contribution in [1.82, 2.24) is 10.2 Å². The molecule has 1 N–H and O–H groups in total.